The van der Waals surface area contributed by atoms with E-state index in [1.54, 1.807) is 18.2 Å². The second-order valence-corrected chi connectivity index (χ2v) is 12.5. The molecule has 2 aromatic heterocycles. The van der Waals surface area contributed by atoms with Crippen LogP contribution in [0.5, 0.6) is 0 Å². The van der Waals surface area contributed by atoms with E-state index in [4.69, 9.17) is 14.0 Å². The molecule has 2 aliphatic heterocycles. The fourth-order valence-corrected chi connectivity index (χ4v) is 4.95. The molecule has 4 heterocycles. The highest BCUT2D eigenvalue weighted by molar-refractivity contribution is 7.85. The van der Waals surface area contributed by atoms with Crippen LogP contribution in [0.1, 0.15) is 0 Å². The van der Waals surface area contributed by atoms with Crippen LogP contribution in [0, 0.1) is 0 Å². The third-order valence-electron chi connectivity index (χ3n) is 6.43. The van der Waals surface area contributed by atoms with Crippen LogP contribution in [0.4, 0.5) is 47.1 Å². The number of anilines is 8. The van der Waals surface area contributed by atoms with Crippen LogP contribution in [-0.4, -0.2) is 128 Å². The van der Waals surface area contributed by atoms with Gasteiger partial charge in [0, 0.05) is 50.6 Å². The van der Waals surface area contributed by atoms with Gasteiger partial charge in [-0.25, -0.2) is 8.42 Å². The van der Waals surface area contributed by atoms with Crippen molar-refractivity contribution in [1.82, 2.24) is 29.9 Å². The molecule has 2 saturated heterocycles. The lowest BCUT2D eigenvalue weighted by Crippen LogP contribution is -2.37. The number of hydrogen-bond acceptors (Lipinski definition) is 18. The fourth-order valence-electron chi connectivity index (χ4n) is 4.29. The van der Waals surface area contributed by atoms with Crippen LogP contribution in [-0.2, 0) is 30.3 Å². The minimum absolute atomic E-state index is 0.0630. The second kappa shape index (κ2) is 15.2. The Morgan fingerprint density at radius 1 is 0.733 bits per heavy atom. The first-order valence-corrected chi connectivity index (χ1v) is 17.0. The van der Waals surface area contributed by atoms with Crippen molar-refractivity contribution >= 4 is 67.9 Å². The molecular weight excluding hydrogens is 632 g/mol. The van der Waals surface area contributed by atoms with E-state index in [9.17, 15) is 16.8 Å². The maximum atomic E-state index is 11.2. The molecule has 21 heteroatoms. The normalized spacial score (nSPS) is 15.6. The summed E-state index contributed by atoms with van der Waals surface area (Å²) in [4.78, 5) is 30.7. The van der Waals surface area contributed by atoms with Gasteiger partial charge < -0.3 is 40.5 Å². The lowest BCUT2D eigenvalue weighted by atomic mass is 10.3. The largest absolute Gasteiger partial charge is 0.378 e. The molecule has 0 bridgehead atoms. The summed E-state index contributed by atoms with van der Waals surface area (Å²) < 4.78 is 64.3. The number of nitrogens with one attached hydrogen (secondary N) is 4. The van der Waals surface area contributed by atoms with Crippen LogP contribution in [0.15, 0.2) is 24.3 Å². The van der Waals surface area contributed by atoms with Gasteiger partial charge >= 0.3 is 0 Å². The average Bonchev–Trinajstić information content (AvgIpc) is 3.01. The lowest BCUT2D eigenvalue weighted by Gasteiger charge is -2.27. The number of aromatic nitrogens is 6. The first-order valence-electron chi connectivity index (χ1n) is 14.1. The summed E-state index contributed by atoms with van der Waals surface area (Å²) in [5.74, 6) is 1.04. The fraction of sp³-hybridized carbons (Fsp3) is 0.500. The summed E-state index contributed by atoms with van der Waals surface area (Å²) >= 11 is 0. The Morgan fingerprint density at radius 3 is 1.67 bits per heavy atom. The van der Waals surface area contributed by atoms with Crippen molar-refractivity contribution in [3.8, 4) is 0 Å². The summed E-state index contributed by atoms with van der Waals surface area (Å²) in [7, 11) is -6.72. The van der Waals surface area contributed by atoms with E-state index in [-0.39, 0.29) is 42.6 Å². The van der Waals surface area contributed by atoms with Crippen molar-refractivity contribution < 1.29 is 30.9 Å². The summed E-state index contributed by atoms with van der Waals surface area (Å²) in [5, 5.41) is 12.1. The quantitative estimate of drug-likeness (QED) is 0.0942. The Kier molecular flexibility index (Phi) is 10.9. The van der Waals surface area contributed by atoms with Crippen molar-refractivity contribution in [2.45, 2.75) is 0 Å². The van der Waals surface area contributed by atoms with Crippen molar-refractivity contribution in [3.63, 3.8) is 0 Å². The van der Waals surface area contributed by atoms with Crippen molar-refractivity contribution in [2.75, 3.05) is 108 Å². The maximum Gasteiger partial charge on any atom is 0.266 e. The number of thiol groups is 1. The predicted molar refractivity (Wildman–Crippen MR) is 167 cm³/mol. The minimum atomic E-state index is -4.17. The number of ether oxygens (including phenoxy) is 2. The van der Waals surface area contributed by atoms with Crippen molar-refractivity contribution in [1.29, 1.82) is 0 Å². The second-order valence-electron chi connectivity index (χ2n) is 9.79. The van der Waals surface area contributed by atoms with Crippen LogP contribution in [0.2, 0.25) is 0 Å². The van der Waals surface area contributed by atoms with E-state index in [0.717, 1.165) is 0 Å². The van der Waals surface area contributed by atoms with Crippen LogP contribution in [0.25, 0.3) is 0 Å². The zero-order valence-corrected chi connectivity index (χ0v) is 25.8. The summed E-state index contributed by atoms with van der Waals surface area (Å²) in [6.45, 7) is 4.45. The van der Waals surface area contributed by atoms with Gasteiger partial charge in [0.15, 0.2) is 0 Å². The molecule has 0 aliphatic carbocycles. The Balaban J connectivity index is 1.35. The highest BCUT2D eigenvalue weighted by Crippen LogP contribution is 2.24. The van der Waals surface area contributed by atoms with Gasteiger partial charge in [0.1, 0.15) is 10.7 Å². The SMILES string of the molecule is O=[SH](=O)CCNc1nc(Nc2cccc(Nc3nc(NCCS(=O)(=O)O)nc(N4CCOCC4)n3)c2)nc(N2CCOCC2)n1. The molecule has 2 fully saturated rings. The Hall–Kier alpha value is -4.18. The van der Waals surface area contributed by atoms with Crippen LogP contribution < -0.4 is 31.1 Å². The monoisotopic (exact) mass is 666 g/mol. The summed E-state index contributed by atoms with van der Waals surface area (Å²) in [6.07, 6.45) is 0. The zero-order chi connectivity index (χ0) is 31.6. The third kappa shape index (κ3) is 10.2. The summed E-state index contributed by atoms with van der Waals surface area (Å²) in [6, 6.07) is 7.21. The average molecular weight is 667 g/mol. The van der Waals surface area contributed by atoms with Gasteiger partial charge in [-0.05, 0) is 18.2 Å². The summed E-state index contributed by atoms with van der Waals surface area (Å²) in [5.41, 5.74) is 1.24. The molecule has 244 valence electrons. The molecule has 1 aromatic carbocycles. The van der Waals surface area contributed by atoms with E-state index in [2.05, 4.69) is 51.2 Å². The van der Waals surface area contributed by atoms with Gasteiger partial charge in [0.2, 0.25) is 35.7 Å². The lowest BCUT2D eigenvalue weighted by molar-refractivity contribution is 0.122. The van der Waals surface area contributed by atoms with Gasteiger partial charge in [0.05, 0.1) is 37.9 Å². The molecule has 45 heavy (non-hydrogen) atoms. The van der Waals surface area contributed by atoms with Crippen molar-refractivity contribution in [2.24, 2.45) is 0 Å². The highest BCUT2D eigenvalue weighted by atomic mass is 32.2. The number of hydrogen-bond donors (Lipinski definition) is 6. The topological polar surface area (TPSA) is 239 Å². The molecular formula is C24H34N12O7S2. The molecule has 0 saturated carbocycles. The van der Waals surface area contributed by atoms with Crippen LogP contribution in [0.3, 0.4) is 0 Å². The number of benzene rings is 1. The first kappa shape index (κ1) is 32.2. The predicted octanol–water partition coefficient (Wildman–Crippen LogP) is -0.460. The number of morpholine rings is 2. The molecule has 2 aliphatic rings. The van der Waals surface area contributed by atoms with Crippen molar-refractivity contribution in [3.05, 3.63) is 24.3 Å². The maximum absolute atomic E-state index is 11.2. The molecule has 5 N–H and O–H groups in total. The molecule has 0 atom stereocenters. The number of rotatable bonds is 14. The van der Waals surface area contributed by atoms with Gasteiger partial charge in [-0.3, -0.25) is 4.55 Å². The Bertz CT molecular complexity index is 1630. The number of nitrogens with zero attached hydrogens (tertiary/aromatic N) is 8. The van der Waals surface area contributed by atoms with E-state index >= 15 is 0 Å². The van der Waals surface area contributed by atoms with E-state index in [1.807, 2.05) is 15.9 Å². The van der Waals surface area contributed by atoms with Gasteiger partial charge in [-0.1, -0.05) is 6.07 Å². The Morgan fingerprint density at radius 2 is 1.20 bits per heavy atom. The van der Waals surface area contributed by atoms with E-state index < -0.39 is 26.6 Å². The van der Waals surface area contributed by atoms with Gasteiger partial charge in [0.25, 0.3) is 10.1 Å². The molecule has 3 aromatic rings. The molecule has 5 rings (SSSR count). The standard InChI is InChI=1S/C24H34N12O7S2/c37-44(38)14-4-25-19-29-21(33-23(31-19)35-6-10-42-11-7-35)27-17-2-1-3-18(16-17)28-22-30-20(26-5-15-45(39,40)41)32-24(34-22)36-8-12-43-13-9-36/h1-3,16,44H,4-15H2,(H,39,40,41)(H2,25,27,29,31,33)(H2,26,28,30,32,34). The first-order chi connectivity index (χ1) is 21.7. The molecule has 0 radical (unpaired) electrons. The zero-order valence-electron chi connectivity index (χ0n) is 24.1. The Labute approximate surface area is 260 Å². The van der Waals surface area contributed by atoms with E-state index in [1.165, 1.54) is 0 Å². The minimum Gasteiger partial charge on any atom is -0.378 e. The van der Waals surface area contributed by atoms with Gasteiger partial charge in [-0.15, -0.1) is 0 Å². The highest BCUT2D eigenvalue weighted by Gasteiger charge is 2.19. The van der Waals surface area contributed by atoms with Crippen LogP contribution >= 0.6 is 0 Å². The molecule has 0 unspecified atom stereocenters. The third-order valence-corrected chi connectivity index (χ3v) is 7.74. The van der Waals surface area contributed by atoms with E-state index in [0.29, 0.717) is 75.9 Å². The smallest absolute Gasteiger partial charge is 0.266 e. The molecule has 0 spiro atoms. The van der Waals surface area contributed by atoms with Gasteiger partial charge in [-0.2, -0.15) is 38.3 Å². The molecule has 0 amide bonds. The molecule has 19 nitrogen and oxygen atoms in total.